The number of aryl methyl sites for hydroxylation is 1. The molecule has 0 unspecified atom stereocenters. The number of hydrogen-bond donors (Lipinski definition) is 0. The average Bonchev–Trinajstić information content (AvgIpc) is 3.00. The molecule has 2 aromatic carbocycles. The highest BCUT2D eigenvalue weighted by Crippen LogP contribution is 2.35. The van der Waals surface area contributed by atoms with Gasteiger partial charge in [0.05, 0.1) is 26.3 Å². The van der Waals surface area contributed by atoms with Gasteiger partial charge in [0.25, 0.3) is 11.4 Å². The number of Topliss-reactive ketones (excluding diaryl/α,β-unsaturated/α-hetero) is 1. The quantitative estimate of drug-likeness (QED) is 0.183. The Balaban J connectivity index is 1.45. The zero-order valence-corrected chi connectivity index (χ0v) is 23.8. The molecule has 0 aliphatic rings. The molecule has 0 aliphatic heterocycles. The van der Waals surface area contributed by atoms with Gasteiger partial charge < -0.3 is 18.9 Å². The number of pyridine rings is 3. The summed E-state index contributed by atoms with van der Waals surface area (Å²) < 4.78 is 52.1. The Kier molecular flexibility index (Phi) is 8.33. The molecule has 5 rings (SSSR count). The summed E-state index contributed by atoms with van der Waals surface area (Å²) in [7, 11) is 2.92. The van der Waals surface area contributed by atoms with Crippen molar-refractivity contribution in [3.8, 4) is 34.6 Å². The monoisotopic (exact) mass is 587 g/mol. The minimum absolute atomic E-state index is 0.107. The maximum absolute atomic E-state index is 15.3. The molecule has 0 amide bonds. The van der Waals surface area contributed by atoms with E-state index in [-0.39, 0.29) is 41.7 Å². The number of halogens is 2. The third-order valence-corrected chi connectivity index (χ3v) is 6.61. The van der Waals surface area contributed by atoms with Gasteiger partial charge in [-0.25, -0.2) is 13.8 Å². The van der Waals surface area contributed by atoms with Crippen LogP contribution in [0.3, 0.4) is 0 Å². The Morgan fingerprint density at radius 2 is 1.72 bits per heavy atom. The highest BCUT2D eigenvalue weighted by molar-refractivity contribution is 6.00. The fourth-order valence-electron chi connectivity index (χ4n) is 4.61. The van der Waals surface area contributed by atoms with Gasteiger partial charge in [0.15, 0.2) is 28.8 Å². The molecule has 220 valence electrons. The number of rotatable bonds is 10. The lowest BCUT2D eigenvalue weighted by atomic mass is 10.0. The number of methoxy groups -OCH3 is 2. The molecule has 3 heterocycles. The normalized spacial score (nSPS) is 10.9. The van der Waals surface area contributed by atoms with Crippen molar-refractivity contribution >= 4 is 16.8 Å². The summed E-state index contributed by atoms with van der Waals surface area (Å²) in [5.74, 6) is -0.881. The zero-order chi connectivity index (χ0) is 30.7. The summed E-state index contributed by atoms with van der Waals surface area (Å²) >= 11 is 0. The molecule has 0 saturated carbocycles. The second-order valence-electron chi connectivity index (χ2n) is 9.44. The molecule has 43 heavy (non-hydrogen) atoms. The van der Waals surface area contributed by atoms with Crippen LogP contribution in [0.4, 0.5) is 8.78 Å². The molecular formula is C32H27F2N3O6. The van der Waals surface area contributed by atoms with Gasteiger partial charge in [-0.1, -0.05) is 6.07 Å². The van der Waals surface area contributed by atoms with E-state index >= 15 is 4.39 Å². The Hall–Kier alpha value is -5.32. The number of ketones is 1. The summed E-state index contributed by atoms with van der Waals surface area (Å²) in [6.45, 7) is 3.66. The number of carbonyl (C=O) groups excluding carboxylic acids is 1. The van der Waals surface area contributed by atoms with Gasteiger partial charge >= 0.3 is 0 Å². The number of hydrogen-bond acceptors (Lipinski definition) is 8. The maximum atomic E-state index is 15.3. The van der Waals surface area contributed by atoms with E-state index in [4.69, 9.17) is 18.9 Å². The first-order valence-electron chi connectivity index (χ1n) is 13.3. The Bertz CT molecular complexity index is 1890. The van der Waals surface area contributed by atoms with Crippen LogP contribution < -0.4 is 24.5 Å². The van der Waals surface area contributed by atoms with Crippen LogP contribution in [-0.2, 0) is 6.42 Å². The third kappa shape index (κ3) is 5.87. The summed E-state index contributed by atoms with van der Waals surface area (Å²) in [5, 5.41) is 0. The first-order chi connectivity index (χ1) is 20.7. The minimum atomic E-state index is -0.728. The van der Waals surface area contributed by atoms with Crippen LogP contribution in [-0.4, -0.2) is 41.1 Å². The van der Waals surface area contributed by atoms with E-state index in [1.165, 1.54) is 79.7 Å². The highest BCUT2D eigenvalue weighted by atomic mass is 19.1. The number of benzene rings is 2. The van der Waals surface area contributed by atoms with Crippen molar-refractivity contribution in [2.45, 2.75) is 20.3 Å². The van der Waals surface area contributed by atoms with E-state index in [9.17, 15) is 14.0 Å². The predicted octanol–water partition coefficient (Wildman–Crippen LogP) is 6.00. The zero-order valence-electron chi connectivity index (χ0n) is 23.8. The van der Waals surface area contributed by atoms with Gasteiger partial charge in [-0.2, -0.15) is 0 Å². The van der Waals surface area contributed by atoms with Crippen molar-refractivity contribution in [1.82, 2.24) is 14.5 Å². The Morgan fingerprint density at radius 1 is 0.953 bits per heavy atom. The smallest absolute Gasteiger partial charge is 0.269 e. The molecule has 0 fully saturated rings. The van der Waals surface area contributed by atoms with Crippen LogP contribution in [0.15, 0.2) is 71.8 Å². The molecule has 0 spiro atoms. The van der Waals surface area contributed by atoms with Crippen LogP contribution in [0, 0.1) is 18.6 Å². The van der Waals surface area contributed by atoms with Gasteiger partial charge in [0.2, 0.25) is 0 Å². The van der Waals surface area contributed by atoms with Gasteiger partial charge in [-0.05, 0) is 55.8 Å². The molecule has 0 saturated heterocycles. The number of ether oxygens (including phenoxy) is 4. The standard InChI is InChI=1S/C32H27F2N3O6/c1-5-42-30-18(2)17-37(21-9-7-20(33)8-10-21)32(39)28(30)24(38)15-19-6-11-25(22(34)14-19)43-26-12-13-35-23-16-27(40-3)31(41-4)36-29(23)26/h6-14,16-17H,5,15H2,1-4H3. The van der Waals surface area contributed by atoms with Crippen molar-refractivity contribution in [1.29, 1.82) is 0 Å². The fraction of sp³-hybridized carbons (Fsp3) is 0.188. The van der Waals surface area contributed by atoms with Crippen LogP contribution in [0.2, 0.25) is 0 Å². The van der Waals surface area contributed by atoms with Crippen molar-refractivity contribution in [3.05, 3.63) is 106 Å². The van der Waals surface area contributed by atoms with Crippen LogP contribution in [0.1, 0.15) is 28.4 Å². The number of nitrogens with zero attached hydrogens (tertiary/aromatic N) is 3. The van der Waals surface area contributed by atoms with E-state index in [0.29, 0.717) is 33.6 Å². The van der Waals surface area contributed by atoms with Crippen LogP contribution >= 0.6 is 0 Å². The third-order valence-electron chi connectivity index (χ3n) is 6.61. The molecule has 11 heteroatoms. The van der Waals surface area contributed by atoms with E-state index in [2.05, 4.69) is 9.97 Å². The molecule has 0 aliphatic carbocycles. The minimum Gasteiger partial charge on any atom is -0.493 e. The van der Waals surface area contributed by atoms with Crippen molar-refractivity contribution < 1.29 is 32.5 Å². The lowest BCUT2D eigenvalue weighted by Crippen LogP contribution is -2.28. The van der Waals surface area contributed by atoms with Gasteiger partial charge in [0.1, 0.15) is 22.6 Å². The molecule has 3 aromatic heterocycles. The van der Waals surface area contributed by atoms with Crippen LogP contribution in [0.5, 0.6) is 28.9 Å². The maximum Gasteiger partial charge on any atom is 0.269 e. The number of aromatic nitrogens is 3. The molecule has 0 N–H and O–H groups in total. The van der Waals surface area contributed by atoms with Gasteiger partial charge in [0, 0.05) is 42.2 Å². The highest BCUT2D eigenvalue weighted by Gasteiger charge is 2.23. The Labute approximate surface area is 245 Å². The molecule has 0 radical (unpaired) electrons. The number of carbonyl (C=O) groups is 1. The second kappa shape index (κ2) is 12.3. The molecule has 5 aromatic rings. The first-order valence-corrected chi connectivity index (χ1v) is 13.3. The van der Waals surface area contributed by atoms with E-state index in [1.807, 2.05) is 0 Å². The number of fused-ring (bicyclic) bond motifs is 1. The lowest BCUT2D eigenvalue weighted by Gasteiger charge is -2.16. The van der Waals surface area contributed by atoms with Crippen molar-refractivity contribution in [2.24, 2.45) is 0 Å². The van der Waals surface area contributed by atoms with Gasteiger partial charge in [-0.3, -0.25) is 19.1 Å². The topological polar surface area (TPSA) is 102 Å². The summed E-state index contributed by atoms with van der Waals surface area (Å²) in [4.78, 5) is 35.7. The molecular weight excluding hydrogens is 560 g/mol. The predicted molar refractivity (Wildman–Crippen MR) is 155 cm³/mol. The van der Waals surface area contributed by atoms with Crippen molar-refractivity contribution in [3.63, 3.8) is 0 Å². The Morgan fingerprint density at radius 3 is 2.40 bits per heavy atom. The van der Waals surface area contributed by atoms with E-state index in [0.717, 1.165) is 0 Å². The summed E-state index contributed by atoms with van der Waals surface area (Å²) in [6.07, 6.45) is 2.75. The average molecular weight is 588 g/mol. The van der Waals surface area contributed by atoms with Crippen LogP contribution in [0.25, 0.3) is 16.7 Å². The lowest BCUT2D eigenvalue weighted by molar-refractivity contribution is 0.0987. The molecule has 0 atom stereocenters. The summed E-state index contributed by atoms with van der Waals surface area (Å²) in [5.41, 5.74) is 1.22. The largest absolute Gasteiger partial charge is 0.493 e. The molecule has 9 nitrogen and oxygen atoms in total. The second-order valence-corrected chi connectivity index (χ2v) is 9.44. The van der Waals surface area contributed by atoms with E-state index < -0.39 is 23.0 Å². The van der Waals surface area contributed by atoms with Gasteiger partial charge in [-0.15, -0.1) is 0 Å². The molecule has 0 bridgehead atoms. The van der Waals surface area contributed by atoms with Crippen molar-refractivity contribution in [2.75, 3.05) is 20.8 Å². The summed E-state index contributed by atoms with van der Waals surface area (Å²) in [6, 6.07) is 12.6. The van der Waals surface area contributed by atoms with E-state index in [1.54, 1.807) is 19.9 Å². The fourth-order valence-corrected chi connectivity index (χ4v) is 4.61. The SMILES string of the molecule is CCOc1c(C)cn(-c2ccc(F)cc2)c(=O)c1C(=O)Cc1ccc(Oc2ccnc3cc(OC)c(OC)nc23)c(F)c1. The first kappa shape index (κ1) is 29.2.